The minimum absolute atomic E-state index is 0.0864. The average Bonchev–Trinajstić information content (AvgIpc) is 2.91. The van der Waals surface area contributed by atoms with Crippen molar-refractivity contribution in [2.75, 3.05) is 13.2 Å². The highest BCUT2D eigenvalue weighted by Crippen LogP contribution is 2.56. The van der Waals surface area contributed by atoms with Crippen LogP contribution in [-0.4, -0.2) is 51.0 Å². The van der Waals surface area contributed by atoms with Crippen LogP contribution in [-0.2, 0) is 22.9 Å². The number of rotatable bonds is 5. The largest absolute Gasteiger partial charge is 0.530 e. The number of aryl methyl sites for hydroxylation is 1. The van der Waals surface area contributed by atoms with Crippen molar-refractivity contribution in [3.8, 4) is 0 Å². The number of alkyl halides is 1. The van der Waals surface area contributed by atoms with Crippen molar-refractivity contribution in [2.45, 2.75) is 45.1 Å². The fourth-order valence-corrected chi connectivity index (χ4v) is 4.22. The van der Waals surface area contributed by atoms with Gasteiger partial charge in [0.2, 0.25) is 0 Å². The number of H-pyrrole nitrogens is 1. The summed E-state index contributed by atoms with van der Waals surface area (Å²) in [4.78, 5) is 25.5. The number of hydrogen-bond donors (Lipinski definition) is 3. The van der Waals surface area contributed by atoms with E-state index in [1.54, 1.807) is 19.9 Å². The number of aromatic amines is 1. The predicted octanol–water partition coefficient (Wildman–Crippen LogP) is 0.783. The number of phosphoric acid groups is 1. The Kier molecular flexibility index (Phi) is 6.19. The van der Waals surface area contributed by atoms with Crippen LogP contribution in [0.2, 0.25) is 0 Å². The zero-order valence-electron chi connectivity index (χ0n) is 16.4. The van der Waals surface area contributed by atoms with E-state index in [0.717, 1.165) is 10.8 Å². The molecule has 1 fully saturated rings. The van der Waals surface area contributed by atoms with E-state index in [-0.39, 0.29) is 17.9 Å². The highest BCUT2D eigenvalue weighted by atomic mass is 31.2. The molecule has 30 heavy (non-hydrogen) atoms. The molecule has 0 spiro atoms. The lowest BCUT2D eigenvalue weighted by Gasteiger charge is -2.28. The summed E-state index contributed by atoms with van der Waals surface area (Å²) in [6, 6.07) is 0. The Hall–Kier alpha value is -2.08. The smallest absolute Gasteiger partial charge is 0.404 e. The van der Waals surface area contributed by atoms with Gasteiger partial charge in [-0.3, -0.25) is 23.4 Å². The minimum atomic E-state index is -4.23. The Morgan fingerprint density at radius 3 is 2.80 bits per heavy atom. The topological polar surface area (TPSA) is 149 Å². The van der Waals surface area contributed by atoms with Gasteiger partial charge >= 0.3 is 13.5 Å². The molecule has 0 aliphatic carbocycles. The second-order valence-corrected chi connectivity index (χ2v) is 8.53. The number of nitrogens with one attached hydrogen (secondary N) is 1. The van der Waals surface area contributed by atoms with Crippen LogP contribution in [0.25, 0.3) is 0 Å². The summed E-state index contributed by atoms with van der Waals surface area (Å²) in [5.41, 5.74) is -0.905. The number of nitrogens with zero attached hydrogens (tertiary/aromatic N) is 1. The van der Waals surface area contributed by atoms with E-state index >= 15 is 4.39 Å². The molecule has 13 heteroatoms. The van der Waals surface area contributed by atoms with Crippen LogP contribution in [0.3, 0.4) is 0 Å². The molecule has 1 saturated heterocycles. The Morgan fingerprint density at radius 1 is 1.43 bits per heavy atom. The van der Waals surface area contributed by atoms with Gasteiger partial charge in [0.15, 0.2) is 6.23 Å². The van der Waals surface area contributed by atoms with Crippen molar-refractivity contribution in [3.63, 3.8) is 0 Å². The molecule has 3 N–H and O–H groups in total. The van der Waals surface area contributed by atoms with E-state index in [1.165, 1.54) is 13.0 Å². The first-order valence-corrected chi connectivity index (χ1v) is 10.4. The number of aliphatic hydroxyl groups is 2. The molecule has 166 valence electrons. The van der Waals surface area contributed by atoms with Gasteiger partial charge in [-0.2, -0.15) is 0 Å². The summed E-state index contributed by atoms with van der Waals surface area (Å²) in [5.74, 6) is -2.81. The molecule has 3 heterocycles. The molecule has 2 aliphatic heterocycles. The van der Waals surface area contributed by atoms with Gasteiger partial charge in [0.25, 0.3) is 11.4 Å². The van der Waals surface area contributed by atoms with Gasteiger partial charge in [-0.15, -0.1) is 0 Å². The number of phosphoric ester groups is 1. The maximum Gasteiger partial charge on any atom is 0.530 e. The summed E-state index contributed by atoms with van der Waals surface area (Å²) in [5, 5.41) is 20.4. The molecule has 0 radical (unpaired) electrons. The van der Waals surface area contributed by atoms with Crippen LogP contribution < -0.4 is 11.2 Å². The molecule has 0 aromatic carbocycles. The molecule has 2 aliphatic rings. The number of halogens is 1. The normalized spacial score (nSPS) is 34.5. The number of aliphatic hydroxyl groups excluding tert-OH is 2. The first-order chi connectivity index (χ1) is 14.0. The molecule has 1 aromatic rings. The summed E-state index contributed by atoms with van der Waals surface area (Å²) >= 11 is 0. The zero-order valence-corrected chi connectivity index (χ0v) is 17.3. The van der Waals surface area contributed by atoms with E-state index in [0.29, 0.717) is 5.57 Å². The Morgan fingerprint density at radius 2 is 2.13 bits per heavy atom. The third kappa shape index (κ3) is 4.20. The van der Waals surface area contributed by atoms with Crippen LogP contribution in [0.5, 0.6) is 0 Å². The Labute approximate surface area is 170 Å². The maximum atomic E-state index is 15.2. The van der Waals surface area contributed by atoms with Gasteiger partial charge in [-0.1, -0.05) is 6.08 Å². The summed E-state index contributed by atoms with van der Waals surface area (Å²) in [6.07, 6.45) is -1.50. The van der Waals surface area contributed by atoms with Crippen molar-refractivity contribution in [2.24, 2.45) is 0 Å². The quantitative estimate of drug-likeness (QED) is 0.556. The third-order valence-electron chi connectivity index (χ3n) is 4.60. The summed E-state index contributed by atoms with van der Waals surface area (Å²) < 4.78 is 48.9. The van der Waals surface area contributed by atoms with Crippen LogP contribution in [0.4, 0.5) is 4.39 Å². The number of ether oxygens (including phenoxy) is 1. The number of aromatic nitrogens is 2. The lowest BCUT2D eigenvalue weighted by atomic mass is 10.1. The van der Waals surface area contributed by atoms with Crippen LogP contribution in [0.1, 0.15) is 25.6 Å². The lowest BCUT2D eigenvalue weighted by Crippen LogP contribution is -2.43. The fraction of sp³-hybridized carbons (Fsp3) is 0.529. The highest BCUT2D eigenvalue weighted by molar-refractivity contribution is 7.48. The Balaban J connectivity index is 1.79. The van der Waals surface area contributed by atoms with Gasteiger partial charge in [-0.05, 0) is 32.4 Å². The Bertz CT molecular complexity index is 1050. The van der Waals surface area contributed by atoms with Gasteiger partial charge in [0.05, 0.1) is 6.61 Å². The molecular weight excluding hydrogens is 426 g/mol. The molecule has 11 nitrogen and oxygen atoms in total. The molecule has 5 atom stereocenters. The maximum absolute atomic E-state index is 15.2. The molecule has 0 saturated carbocycles. The van der Waals surface area contributed by atoms with Gasteiger partial charge in [0.1, 0.15) is 24.6 Å². The van der Waals surface area contributed by atoms with Gasteiger partial charge < -0.3 is 19.5 Å². The standard InChI is InChI=1S/C17H22FN2O9P/c1-4-5-11-10(3)7-26-30(25,29-11)27-8-17(18)13(22)12(21)15(28-17)20-6-9(2)14(23)19-16(20)24/h4-6,12-13,15,21-22H,7-8H2,1-3H3,(H,19,23,24)/b5-4-/t12-,13+,15-,17-,30?/m1/s1. The first kappa shape index (κ1) is 22.6. The van der Waals surface area contributed by atoms with Crippen LogP contribution >= 0.6 is 7.82 Å². The number of hydrogen-bond acceptors (Lipinski definition) is 9. The third-order valence-corrected chi connectivity index (χ3v) is 5.91. The van der Waals surface area contributed by atoms with Crippen molar-refractivity contribution in [1.82, 2.24) is 9.55 Å². The van der Waals surface area contributed by atoms with E-state index in [1.807, 2.05) is 4.98 Å². The number of allylic oxidation sites excluding steroid dienone is 2. The van der Waals surface area contributed by atoms with Crippen molar-refractivity contribution in [3.05, 3.63) is 56.1 Å². The molecule has 0 bridgehead atoms. The fourth-order valence-electron chi connectivity index (χ4n) is 2.89. The zero-order chi connectivity index (χ0) is 22.3. The van der Waals surface area contributed by atoms with Crippen LogP contribution in [0.15, 0.2) is 39.3 Å². The molecular formula is C17H22FN2O9P. The van der Waals surface area contributed by atoms with E-state index < -0.39 is 50.0 Å². The molecule has 1 aromatic heterocycles. The second-order valence-electron chi connectivity index (χ2n) is 6.94. The van der Waals surface area contributed by atoms with Crippen LogP contribution in [0, 0.1) is 6.92 Å². The van der Waals surface area contributed by atoms with Gasteiger partial charge in [0, 0.05) is 11.8 Å². The van der Waals surface area contributed by atoms with Gasteiger partial charge in [-0.25, -0.2) is 13.8 Å². The minimum Gasteiger partial charge on any atom is -0.404 e. The average molecular weight is 448 g/mol. The monoisotopic (exact) mass is 448 g/mol. The van der Waals surface area contributed by atoms with E-state index in [2.05, 4.69) is 0 Å². The van der Waals surface area contributed by atoms with Crippen molar-refractivity contribution in [1.29, 1.82) is 0 Å². The summed E-state index contributed by atoms with van der Waals surface area (Å²) in [7, 11) is -4.23. The first-order valence-electron chi connectivity index (χ1n) is 8.96. The second kappa shape index (κ2) is 8.22. The highest BCUT2D eigenvalue weighted by Gasteiger charge is 2.57. The van der Waals surface area contributed by atoms with E-state index in [4.69, 9.17) is 18.3 Å². The summed E-state index contributed by atoms with van der Waals surface area (Å²) in [6.45, 7) is 3.57. The van der Waals surface area contributed by atoms with Crippen molar-refractivity contribution >= 4 is 7.82 Å². The van der Waals surface area contributed by atoms with Crippen molar-refractivity contribution < 1.29 is 37.5 Å². The molecule has 3 rings (SSSR count). The molecule has 1 unspecified atom stereocenters. The molecule has 0 amide bonds. The SMILES string of the molecule is C/C=C\C1=C(C)COP(=O)(OC[C@@]2(F)O[C@@H](n3cc(C)c(=O)[nH]c3=O)[C@H](O)[C@@H]2O)O1. The lowest BCUT2D eigenvalue weighted by molar-refractivity contribution is -0.205. The van der Waals surface area contributed by atoms with E-state index in [9.17, 15) is 24.4 Å². The predicted molar refractivity (Wildman–Crippen MR) is 100 cm³/mol.